The smallest absolute Gasteiger partial charge is 0.371 e. The third-order valence-corrected chi connectivity index (χ3v) is 11.0. The summed E-state index contributed by atoms with van der Waals surface area (Å²) >= 11 is 0. The van der Waals surface area contributed by atoms with Gasteiger partial charge in [0.15, 0.2) is 24.1 Å². The number of benzene rings is 4. The van der Waals surface area contributed by atoms with Crippen LogP contribution in [0.15, 0.2) is 148 Å². The van der Waals surface area contributed by atoms with Gasteiger partial charge in [-0.15, -0.1) is 0 Å². The molecule has 4 aromatic carbocycles. The van der Waals surface area contributed by atoms with Gasteiger partial charge in [0.2, 0.25) is 6.79 Å². The van der Waals surface area contributed by atoms with Gasteiger partial charge in [-0.25, -0.2) is 19.2 Å². The maximum absolute atomic E-state index is 13.6. The predicted octanol–water partition coefficient (Wildman–Crippen LogP) is 6.24. The highest BCUT2D eigenvalue weighted by molar-refractivity contribution is 6.24. The zero-order valence-electron chi connectivity index (χ0n) is 43.6. The molecule has 4 rings (SSSR count). The zero-order valence-corrected chi connectivity index (χ0v) is 43.6. The fourth-order valence-electron chi connectivity index (χ4n) is 6.99. The number of rotatable bonds is 41. The average Bonchev–Trinajstić information content (AvgIpc) is 3.46. The number of Topliss-reactive ketones (excluding diaryl/α,β-unsaturated/α-hetero) is 1. The number of ketones is 1. The first-order valence-electron chi connectivity index (χ1n) is 24.6. The van der Waals surface area contributed by atoms with Gasteiger partial charge in [-0.3, -0.25) is 19.2 Å². The quantitative estimate of drug-likeness (QED) is 0.00727. The summed E-state index contributed by atoms with van der Waals surface area (Å²) in [6, 6.07) is 28.6. The number of esters is 4. The lowest BCUT2D eigenvalue weighted by Crippen LogP contribution is -2.57. The predicted molar refractivity (Wildman–Crippen MR) is 281 cm³/mol. The summed E-state index contributed by atoms with van der Waals surface area (Å²) in [7, 11) is 0. The molecule has 0 amide bonds. The molecule has 0 saturated heterocycles. The van der Waals surface area contributed by atoms with Crippen molar-refractivity contribution >= 4 is 48.1 Å². The molecule has 0 aliphatic rings. The Bertz CT molecular complexity index is 2680. The van der Waals surface area contributed by atoms with E-state index in [0.717, 1.165) is 34.4 Å². The lowest BCUT2D eigenvalue weighted by atomic mass is 9.94. The lowest BCUT2D eigenvalue weighted by Gasteiger charge is -2.26. The Kier molecular flexibility index (Phi) is 27.1. The first-order valence-corrected chi connectivity index (χ1v) is 24.6. The monoisotopic (exact) mass is 1110 g/mol. The molecule has 0 fully saturated rings. The standard InChI is InChI=1S/C58H62O22/c1-5-53(63)75-36-49(79-55(65)31-52(61)62)34-73-45-22-14-41(15-23-45)29-40-12-20-44(21-13-40)72-33-48(71-8-4)32-70-28-10-9-11-51(60)58(56(66)67,78-38-59)57(68)80-50(37-76-54(64)6-2)35-74-46-24-16-42(17-25-46)30-43-18-26-47(27-19-43)77-39-69-7-3/h5-8,12-27,38,48-50H,1-4,9-11,28-37,39H2,(H,61,62)(H,66,67). The molecule has 0 aliphatic carbocycles. The normalized spacial score (nSPS) is 12.4. The SMILES string of the molecule is C=COCOc1ccc(Cc2ccc(OCC(COC(=O)C=C)OC(=O)C(OC=O)(C(=O)O)C(=O)CCCCOCC(COc3ccc(Cc4ccc(OCC(COC(=O)C=C)OC(=O)CC(=O)O)cc4)cc3)OC=C)cc2)cc1. The highest BCUT2D eigenvalue weighted by Gasteiger charge is 2.57. The van der Waals surface area contributed by atoms with Crippen molar-refractivity contribution in [2.24, 2.45) is 0 Å². The summed E-state index contributed by atoms with van der Waals surface area (Å²) in [6.45, 7) is 11.8. The van der Waals surface area contributed by atoms with Gasteiger partial charge in [-0.2, -0.15) is 0 Å². The largest absolute Gasteiger partial charge is 0.493 e. The van der Waals surface area contributed by atoms with Crippen LogP contribution in [-0.4, -0.2) is 135 Å². The van der Waals surface area contributed by atoms with Crippen LogP contribution in [0.1, 0.15) is 47.9 Å². The fraction of sp³-hybridized carbons (Fsp3) is 0.310. The second kappa shape index (κ2) is 34.4. The van der Waals surface area contributed by atoms with Gasteiger partial charge in [0.05, 0.1) is 19.1 Å². The highest BCUT2D eigenvalue weighted by Crippen LogP contribution is 2.24. The second-order valence-electron chi connectivity index (χ2n) is 16.9. The first-order chi connectivity index (χ1) is 38.6. The van der Waals surface area contributed by atoms with Crippen molar-refractivity contribution in [3.63, 3.8) is 0 Å². The van der Waals surface area contributed by atoms with Gasteiger partial charge in [-0.1, -0.05) is 74.8 Å². The third-order valence-electron chi connectivity index (χ3n) is 11.0. The van der Waals surface area contributed by atoms with Crippen molar-refractivity contribution in [3.8, 4) is 23.0 Å². The zero-order chi connectivity index (χ0) is 58.1. The van der Waals surface area contributed by atoms with Gasteiger partial charge < -0.3 is 67.1 Å². The summed E-state index contributed by atoms with van der Waals surface area (Å²) in [5.41, 5.74) is 0.390. The Morgan fingerprint density at radius 1 is 0.537 bits per heavy atom. The van der Waals surface area contributed by atoms with Crippen molar-refractivity contribution in [2.75, 3.05) is 53.0 Å². The Morgan fingerprint density at radius 2 is 0.988 bits per heavy atom. The molecule has 0 heterocycles. The van der Waals surface area contributed by atoms with E-state index in [4.69, 9.17) is 61.9 Å². The van der Waals surface area contributed by atoms with E-state index in [-0.39, 0.29) is 59.1 Å². The molecule has 0 radical (unpaired) electrons. The summed E-state index contributed by atoms with van der Waals surface area (Å²) in [5.74, 6) is -7.33. The molecule has 426 valence electrons. The van der Waals surface area contributed by atoms with Crippen LogP contribution in [0.2, 0.25) is 0 Å². The van der Waals surface area contributed by atoms with E-state index in [9.17, 15) is 43.5 Å². The van der Waals surface area contributed by atoms with E-state index in [1.165, 1.54) is 12.5 Å². The summed E-state index contributed by atoms with van der Waals surface area (Å²) < 4.78 is 64.2. The Hall–Kier alpha value is -9.44. The Morgan fingerprint density at radius 3 is 1.40 bits per heavy atom. The molecular formula is C58H62O22. The summed E-state index contributed by atoms with van der Waals surface area (Å²) in [5, 5.41) is 19.0. The van der Waals surface area contributed by atoms with Crippen LogP contribution in [0.4, 0.5) is 0 Å². The summed E-state index contributed by atoms with van der Waals surface area (Å²) in [6.07, 6.45) is 1.00. The number of carboxylic acid groups (broad SMARTS) is 2. The summed E-state index contributed by atoms with van der Waals surface area (Å²) in [4.78, 5) is 97.5. The van der Waals surface area contributed by atoms with E-state index in [1.807, 2.05) is 36.4 Å². The molecule has 22 heteroatoms. The minimum Gasteiger partial charge on any atom is -0.493 e. The van der Waals surface area contributed by atoms with E-state index < -0.39 is 91.6 Å². The fourth-order valence-corrected chi connectivity index (χ4v) is 6.99. The number of unbranched alkanes of at least 4 members (excludes halogenated alkanes) is 1. The van der Waals surface area contributed by atoms with Crippen LogP contribution in [0, 0.1) is 0 Å². The average molecular weight is 1110 g/mol. The first kappa shape index (κ1) is 63.1. The number of carboxylic acids is 2. The van der Waals surface area contributed by atoms with Crippen molar-refractivity contribution in [2.45, 2.75) is 62.4 Å². The van der Waals surface area contributed by atoms with Crippen LogP contribution in [0.25, 0.3) is 0 Å². The lowest BCUT2D eigenvalue weighted by molar-refractivity contribution is -0.195. The van der Waals surface area contributed by atoms with E-state index >= 15 is 0 Å². The van der Waals surface area contributed by atoms with Gasteiger partial charge in [0.1, 0.15) is 62.5 Å². The molecule has 4 atom stereocenters. The minimum atomic E-state index is -3.40. The van der Waals surface area contributed by atoms with Crippen molar-refractivity contribution in [1.82, 2.24) is 0 Å². The van der Waals surface area contributed by atoms with E-state index in [2.05, 4.69) is 26.3 Å². The highest BCUT2D eigenvalue weighted by atomic mass is 16.7. The van der Waals surface area contributed by atoms with Gasteiger partial charge >= 0.3 is 41.4 Å². The molecular weight excluding hydrogens is 1050 g/mol. The number of ether oxygens (including phenoxy) is 12. The molecule has 0 aliphatic heterocycles. The van der Waals surface area contributed by atoms with Gasteiger partial charge in [-0.05, 0) is 96.5 Å². The maximum atomic E-state index is 13.6. The van der Waals surface area contributed by atoms with Crippen molar-refractivity contribution in [3.05, 3.63) is 170 Å². The van der Waals surface area contributed by atoms with Gasteiger partial charge in [0, 0.05) is 25.2 Å². The van der Waals surface area contributed by atoms with Crippen molar-refractivity contribution in [1.29, 1.82) is 0 Å². The molecule has 0 bridgehead atoms. The topological polar surface area (TPSA) is 288 Å². The molecule has 22 nitrogen and oxygen atoms in total. The number of hydrogen-bond donors (Lipinski definition) is 2. The van der Waals surface area contributed by atoms with Crippen molar-refractivity contribution < 1.29 is 105 Å². The molecule has 0 spiro atoms. The molecule has 4 aromatic rings. The number of carbonyl (C=O) groups excluding carboxylic acids is 6. The molecule has 4 unspecified atom stereocenters. The maximum Gasteiger partial charge on any atom is 0.371 e. The molecule has 0 aromatic heterocycles. The Balaban J connectivity index is 1.23. The number of hydrogen-bond acceptors (Lipinski definition) is 20. The molecule has 80 heavy (non-hydrogen) atoms. The van der Waals surface area contributed by atoms with Crippen LogP contribution in [-0.2, 0) is 89.1 Å². The number of aliphatic carboxylic acids is 2. The van der Waals surface area contributed by atoms with Gasteiger partial charge in [0.25, 0.3) is 6.47 Å². The van der Waals surface area contributed by atoms with Crippen LogP contribution in [0.3, 0.4) is 0 Å². The Labute approximate surface area is 460 Å². The molecule has 0 saturated carbocycles. The second-order valence-corrected chi connectivity index (χ2v) is 16.9. The minimum absolute atomic E-state index is 0.00491. The van der Waals surface area contributed by atoms with E-state index in [0.29, 0.717) is 35.8 Å². The van der Waals surface area contributed by atoms with Crippen LogP contribution in [0.5, 0.6) is 23.0 Å². The van der Waals surface area contributed by atoms with Crippen LogP contribution >= 0.6 is 0 Å². The van der Waals surface area contributed by atoms with Crippen LogP contribution < -0.4 is 18.9 Å². The van der Waals surface area contributed by atoms with E-state index in [1.54, 1.807) is 60.7 Å². The molecule has 2 N–H and O–H groups in total. The number of carbonyl (C=O) groups is 8. The third kappa shape index (κ3) is 22.3.